The van der Waals surface area contributed by atoms with Crippen LogP contribution in [-0.2, 0) is 9.59 Å². The lowest BCUT2D eigenvalue weighted by atomic mass is 10.4. The Hall–Kier alpha value is 0.620. The molecule has 0 amide bonds. The fourth-order valence-corrected chi connectivity index (χ4v) is 3.10. The molecule has 0 rings (SSSR count). The van der Waals surface area contributed by atoms with Gasteiger partial charge >= 0.3 is 0 Å². The lowest BCUT2D eigenvalue weighted by Gasteiger charge is -1.98. The Morgan fingerprint density at radius 1 is 0.857 bits per heavy atom. The topological polar surface area (TPSA) is 34.1 Å². The highest BCUT2D eigenvalue weighted by molar-refractivity contribution is 8.76. The summed E-state index contributed by atoms with van der Waals surface area (Å²) in [6, 6.07) is 0. The van der Waals surface area contributed by atoms with Gasteiger partial charge in [0.2, 0.25) is 10.5 Å². The van der Waals surface area contributed by atoms with Crippen molar-refractivity contribution in [1.82, 2.24) is 0 Å². The van der Waals surface area contributed by atoms with Gasteiger partial charge in [-0.05, 0) is 36.0 Å². The lowest BCUT2D eigenvalue weighted by Crippen LogP contribution is -1.88. The summed E-state index contributed by atoms with van der Waals surface area (Å²) in [5.41, 5.74) is 0. The highest BCUT2D eigenvalue weighted by Gasteiger charge is 1.98. The quantitative estimate of drug-likeness (QED) is 0.366. The molecule has 0 aromatic heterocycles. The standard InChI is InChI=1S/C8H12Cl2O2S2/c9-7(11)3-1-5-13-14-6-2-4-8(10)12/h1-6H2. The molecular weight excluding hydrogens is 263 g/mol. The second-order valence-electron chi connectivity index (χ2n) is 2.56. The van der Waals surface area contributed by atoms with Crippen LogP contribution in [0, 0.1) is 0 Å². The van der Waals surface area contributed by atoms with Gasteiger partial charge in [-0.3, -0.25) is 9.59 Å². The minimum atomic E-state index is -0.275. The van der Waals surface area contributed by atoms with Crippen molar-refractivity contribution in [2.75, 3.05) is 11.5 Å². The number of rotatable bonds is 9. The SMILES string of the molecule is O=C(Cl)CCCSSCCCC(=O)Cl. The molecule has 0 atom stereocenters. The molecular formula is C8H12Cl2O2S2. The van der Waals surface area contributed by atoms with Crippen molar-refractivity contribution in [3.8, 4) is 0 Å². The second-order valence-corrected chi connectivity index (χ2v) is 6.11. The number of hydrogen-bond donors (Lipinski definition) is 0. The van der Waals surface area contributed by atoms with Crippen LogP contribution in [0.5, 0.6) is 0 Å². The van der Waals surface area contributed by atoms with Crippen LogP contribution in [0.15, 0.2) is 0 Å². The minimum Gasteiger partial charge on any atom is -0.281 e. The van der Waals surface area contributed by atoms with Crippen LogP contribution >= 0.6 is 44.8 Å². The molecule has 0 aromatic carbocycles. The third kappa shape index (κ3) is 12.6. The maximum Gasteiger partial charge on any atom is 0.221 e. The number of carbonyl (C=O) groups is 2. The zero-order valence-corrected chi connectivity index (χ0v) is 10.8. The maximum atomic E-state index is 10.4. The van der Waals surface area contributed by atoms with Crippen molar-refractivity contribution >= 4 is 55.3 Å². The van der Waals surface area contributed by atoms with E-state index in [0.29, 0.717) is 12.8 Å². The highest BCUT2D eigenvalue weighted by atomic mass is 35.5. The van der Waals surface area contributed by atoms with Gasteiger partial charge in [0.15, 0.2) is 0 Å². The third-order valence-corrected chi connectivity index (χ3v) is 4.24. The van der Waals surface area contributed by atoms with E-state index < -0.39 is 0 Å². The van der Waals surface area contributed by atoms with Crippen LogP contribution in [-0.4, -0.2) is 22.0 Å². The zero-order chi connectivity index (χ0) is 10.8. The molecule has 6 heteroatoms. The average molecular weight is 275 g/mol. The minimum absolute atomic E-state index is 0.275. The molecule has 0 unspecified atom stereocenters. The molecule has 0 saturated carbocycles. The first kappa shape index (κ1) is 14.6. The molecule has 0 N–H and O–H groups in total. The number of carbonyl (C=O) groups excluding carboxylic acids is 2. The summed E-state index contributed by atoms with van der Waals surface area (Å²) in [7, 11) is 3.40. The Bertz CT molecular complexity index is 168. The van der Waals surface area contributed by atoms with E-state index in [1.807, 2.05) is 0 Å². The third-order valence-electron chi connectivity index (χ3n) is 1.29. The van der Waals surface area contributed by atoms with Gasteiger partial charge in [0, 0.05) is 24.3 Å². The van der Waals surface area contributed by atoms with E-state index in [1.54, 1.807) is 21.6 Å². The smallest absolute Gasteiger partial charge is 0.221 e. The zero-order valence-electron chi connectivity index (χ0n) is 7.63. The number of halogens is 2. The van der Waals surface area contributed by atoms with Crippen molar-refractivity contribution in [2.24, 2.45) is 0 Å². The van der Waals surface area contributed by atoms with Gasteiger partial charge in [0.25, 0.3) is 0 Å². The Labute approximate surface area is 102 Å². The van der Waals surface area contributed by atoms with Gasteiger partial charge in [-0.1, -0.05) is 21.6 Å². The second kappa shape index (κ2) is 10.1. The van der Waals surface area contributed by atoms with E-state index in [4.69, 9.17) is 23.2 Å². The van der Waals surface area contributed by atoms with Crippen LogP contribution in [0.2, 0.25) is 0 Å². The highest BCUT2D eigenvalue weighted by Crippen LogP contribution is 2.23. The molecule has 0 heterocycles. The van der Waals surface area contributed by atoms with Gasteiger partial charge < -0.3 is 0 Å². The van der Waals surface area contributed by atoms with E-state index in [-0.39, 0.29) is 10.5 Å². The predicted molar refractivity (Wildman–Crippen MR) is 65.1 cm³/mol. The van der Waals surface area contributed by atoms with E-state index in [1.165, 1.54) is 0 Å². The van der Waals surface area contributed by atoms with Crippen molar-refractivity contribution in [2.45, 2.75) is 25.7 Å². The van der Waals surface area contributed by atoms with E-state index in [9.17, 15) is 9.59 Å². The molecule has 82 valence electrons. The van der Waals surface area contributed by atoms with Gasteiger partial charge in [-0.25, -0.2) is 0 Å². The Kier molecular flexibility index (Phi) is 10.6. The Morgan fingerprint density at radius 2 is 1.21 bits per heavy atom. The molecule has 0 spiro atoms. The molecule has 0 saturated heterocycles. The summed E-state index contributed by atoms with van der Waals surface area (Å²) >= 11 is 10.3. The van der Waals surface area contributed by atoms with E-state index >= 15 is 0 Å². The van der Waals surface area contributed by atoms with Crippen LogP contribution < -0.4 is 0 Å². The molecule has 2 nitrogen and oxygen atoms in total. The molecule has 0 radical (unpaired) electrons. The first-order valence-electron chi connectivity index (χ1n) is 4.24. The van der Waals surface area contributed by atoms with Crippen molar-refractivity contribution in [3.63, 3.8) is 0 Å². The largest absolute Gasteiger partial charge is 0.281 e. The normalized spacial score (nSPS) is 10.1. The molecule has 0 bridgehead atoms. The summed E-state index contributed by atoms with van der Waals surface area (Å²) in [6.45, 7) is 0. The molecule has 0 fully saturated rings. The fraction of sp³-hybridized carbons (Fsp3) is 0.750. The van der Waals surface area contributed by atoms with E-state index in [2.05, 4.69) is 0 Å². The van der Waals surface area contributed by atoms with Gasteiger partial charge in [0.1, 0.15) is 0 Å². The predicted octanol–water partition coefficient (Wildman–Crippen LogP) is 3.46. The van der Waals surface area contributed by atoms with E-state index in [0.717, 1.165) is 24.3 Å². The summed E-state index contributed by atoms with van der Waals surface area (Å²) in [5, 5.41) is -0.549. The molecule has 0 aliphatic heterocycles. The van der Waals surface area contributed by atoms with Crippen molar-refractivity contribution in [3.05, 3.63) is 0 Å². The summed E-state index contributed by atoms with van der Waals surface area (Å²) < 4.78 is 0. The summed E-state index contributed by atoms with van der Waals surface area (Å²) in [4.78, 5) is 20.7. The van der Waals surface area contributed by atoms with Gasteiger partial charge in [-0.15, -0.1) is 0 Å². The summed E-state index contributed by atoms with van der Waals surface area (Å²) in [5.74, 6) is 1.83. The van der Waals surface area contributed by atoms with Gasteiger partial charge in [0.05, 0.1) is 0 Å². The Balaban J connectivity index is 2.99. The van der Waals surface area contributed by atoms with Crippen LogP contribution in [0.3, 0.4) is 0 Å². The Morgan fingerprint density at radius 3 is 1.50 bits per heavy atom. The first-order valence-corrected chi connectivity index (χ1v) is 7.48. The monoisotopic (exact) mass is 274 g/mol. The first-order chi connectivity index (χ1) is 6.63. The van der Waals surface area contributed by atoms with Crippen LogP contribution in [0.25, 0.3) is 0 Å². The summed E-state index contributed by atoms with van der Waals surface area (Å²) in [6.07, 6.45) is 2.51. The molecule has 0 aliphatic rings. The van der Waals surface area contributed by atoms with Crippen LogP contribution in [0.1, 0.15) is 25.7 Å². The number of hydrogen-bond acceptors (Lipinski definition) is 4. The maximum absolute atomic E-state index is 10.4. The van der Waals surface area contributed by atoms with Crippen LogP contribution in [0.4, 0.5) is 0 Å². The molecule has 14 heavy (non-hydrogen) atoms. The van der Waals surface area contributed by atoms with Gasteiger partial charge in [-0.2, -0.15) is 0 Å². The molecule has 0 aliphatic carbocycles. The average Bonchev–Trinajstić information content (AvgIpc) is 2.08. The van der Waals surface area contributed by atoms with Crippen molar-refractivity contribution < 1.29 is 9.59 Å². The fourth-order valence-electron chi connectivity index (χ4n) is 0.658. The van der Waals surface area contributed by atoms with Crippen molar-refractivity contribution in [1.29, 1.82) is 0 Å². The lowest BCUT2D eigenvalue weighted by molar-refractivity contribution is -0.112. The molecule has 0 aromatic rings.